The molecule has 4 rings (SSSR count). The molecule has 3 unspecified atom stereocenters. The Morgan fingerprint density at radius 2 is 2.04 bits per heavy atom. The van der Waals surface area contributed by atoms with E-state index in [-0.39, 0.29) is 11.9 Å². The fraction of sp³-hybridized carbons (Fsp3) is 0.500. The smallest absolute Gasteiger partial charge is 0.289 e. The van der Waals surface area contributed by atoms with E-state index in [1.54, 1.807) is 12.1 Å². The third-order valence-electron chi connectivity index (χ3n) is 5.94. The van der Waals surface area contributed by atoms with Gasteiger partial charge in [0.05, 0.1) is 12.4 Å². The Morgan fingerprint density at radius 1 is 1.25 bits per heavy atom. The largest absolute Gasteiger partial charge is 0.459 e. The number of piperazine rings is 1. The van der Waals surface area contributed by atoms with Crippen LogP contribution in [0.5, 0.6) is 0 Å². The van der Waals surface area contributed by atoms with Crippen LogP contribution >= 0.6 is 11.8 Å². The molecule has 1 N–H and O–H groups in total. The summed E-state index contributed by atoms with van der Waals surface area (Å²) >= 11 is 1.93. The molecule has 1 aromatic carbocycles. The molecule has 0 bridgehead atoms. The van der Waals surface area contributed by atoms with Crippen LogP contribution in [0, 0.1) is 0 Å². The molecule has 3 heterocycles. The normalized spacial score (nSPS) is 22.5. The predicted octanol–water partition coefficient (Wildman–Crippen LogP) is 3.59. The molecule has 5 nitrogen and oxygen atoms in total. The molecule has 28 heavy (non-hydrogen) atoms. The molecule has 2 aromatic rings. The van der Waals surface area contributed by atoms with Gasteiger partial charge >= 0.3 is 0 Å². The Hall–Kier alpha value is -1.76. The van der Waals surface area contributed by atoms with Crippen LogP contribution in [0.25, 0.3) is 0 Å². The van der Waals surface area contributed by atoms with Gasteiger partial charge in [-0.2, -0.15) is 0 Å². The fourth-order valence-electron chi connectivity index (χ4n) is 4.09. The molecule has 1 saturated heterocycles. The van der Waals surface area contributed by atoms with Gasteiger partial charge in [0.2, 0.25) is 0 Å². The monoisotopic (exact) mass is 400 g/mol. The fourth-order valence-corrected chi connectivity index (χ4v) is 5.22. The zero-order valence-electron chi connectivity index (χ0n) is 16.5. The van der Waals surface area contributed by atoms with E-state index in [2.05, 4.69) is 36.9 Å². The van der Waals surface area contributed by atoms with Gasteiger partial charge in [-0.05, 0) is 49.1 Å². The number of aryl methyl sites for hydroxylation is 1. The number of hydrogen-bond donors (Lipinski definition) is 1. The van der Waals surface area contributed by atoms with Gasteiger partial charge in [-0.3, -0.25) is 9.69 Å². The van der Waals surface area contributed by atoms with E-state index in [1.807, 2.05) is 16.7 Å². The third kappa shape index (κ3) is 4.00. The highest BCUT2D eigenvalue weighted by molar-refractivity contribution is 8.00. The zero-order valence-corrected chi connectivity index (χ0v) is 17.3. The maximum atomic E-state index is 12.4. The van der Waals surface area contributed by atoms with Crippen molar-refractivity contribution >= 4 is 17.7 Å². The molecule has 0 aliphatic carbocycles. The van der Waals surface area contributed by atoms with Crippen LogP contribution in [0.3, 0.4) is 0 Å². The summed E-state index contributed by atoms with van der Waals surface area (Å²) in [5.74, 6) is 0.335. The Bertz CT molecular complexity index is 815. The van der Waals surface area contributed by atoms with E-state index in [0.29, 0.717) is 24.1 Å². The predicted molar refractivity (Wildman–Crippen MR) is 111 cm³/mol. The number of rotatable bonds is 4. The van der Waals surface area contributed by atoms with Gasteiger partial charge in [-0.1, -0.05) is 19.1 Å². The minimum absolute atomic E-state index is 0.00841. The van der Waals surface area contributed by atoms with Crippen LogP contribution in [-0.4, -0.2) is 58.3 Å². The average Bonchev–Trinajstić information content (AvgIpc) is 3.27. The Balaban J connectivity index is 1.37. The molecule has 1 aromatic heterocycles. The average molecular weight is 401 g/mol. The van der Waals surface area contributed by atoms with Crippen LogP contribution in [-0.2, 0) is 6.42 Å². The van der Waals surface area contributed by atoms with Crippen LogP contribution in [0.2, 0.25) is 0 Å². The van der Waals surface area contributed by atoms with Crippen molar-refractivity contribution in [3.05, 3.63) is 53.5 Å². The minimum atomic E-state index is -0.526. The second-order valence-corrected chi connectivity index (χ2v) is 9.31. The second kappa shape index (κ2) is 8.31. The van der Waals surface area contributed by atoms with Gasteiger partial charge in [0.15, 0.2) is 5.76 Å². The number of aliphatic hydroxyl groups excluding tert-OH is 1. The van der Waals surface area contributed by atoms with Crippen LogP contribution in [0.1, 0.15) is 48.1 Å². The van der Waals surface area contributed by atoms with E-state index in [9.17, 15) is 9.90 Å². The lowest BCUT2D eigenvalue weighted by molar-refractivity contribution is 0.0233. The van der Waals surface area contributed by atoms with Crippen molar-refractivity contribution in [1.82, 2.24) is 9.80 Å². The standard InChI is InChI=1S/C22H28N2O3S/c1-15-5-6-17-14-18(7-8-20(17)28-15)21(25)16(2)23-9-11-24(12-10-23)22(26)19-4-3-13-27-19/h3-4,7-8,13-16,21,25H,5-6,9-12H2,1-2H3. The Labute approximate surface area is 170 Å². The highest BCUT2D eigenvalue weighted by atomic mass is 32.2. The molecule has 0 saturated carbocycles. The Kier molecular flexibility index (Phi) is 5.80. The summed E-state index contributed by atoms with van der Waals surface area (Å²) in [5.41, 5.74) is 2.36. The molecule has 1 fully saturated rings. The van der Waals surface area contributed by atoms with Gasteiger partial charge < -0.3 is 14.4 Å². The lowest BCUT2D eigenvalue weighted by Crippen LogP contribution is -2.52. The van der Waals surface area contributed by atoms with E-state index in [1.165, 1.54) is 23.1 Å². The summed E-state index contributed by atoms with van der Waals surface area (Å²) in [4.78, 5) is 17.9. The molecule has 150 valence electrons. The van der Waals surface area contributed by atoms with Gasteiger partial charge in [0, 0.05) is 42.4 Å². The highest BCUT2D eigenvalue weighted by Gasteiger charge is 2.30. The zero-order chi connectivity index (χ0) is 19.7. The van der Waals surface area contributed by atoms with Gasteiger partial charge in [-0.15, -0.1) is 11.8 Å². The molecule has 2 aliphatic rings. The van der Waals surface area contributed by atoms with E-state index in [0.717, 1.165) is 25.1 Å². The number of carbonyl (C=O) groups excluding carboxylic acids is 1. The number of carbonyl (C=O) groups is 1. The second-order valence-electron chi connectivity index (χ2n) is 7.83. The number of furan rings is 1. The number of nitrogens with zero attached hydrogens (tertiary/aromatic N) is 2. The quantitative estimate of drug-likeness (QED) is 0.850. The van der Waals surface area contributed by atoms with Gasteiger partial charge in [0.1, 0.15) is 0 Å². The maximum absolute atomic E-state index is 12.4. The highest BCUT2D eigenvalue weighted by Crippen LogP contribution is 2.36. The van der Waals surface area contributed by atoms with Crippen LogP contribution in [0.15, 0.2) is 45.9 Å². The van der Waals surface area contributed by atoms with Crippen molar-refractivity contribution in [3.8, 4) is 0 Å². The van der Waals surface area contributed by atoms with E-state index < -0.39 is 6.10 Å². The third-order valence-corrected chi connectivity index (χ3v) is 7.23. The van der Waals surface area contributed by atoms with Gasteiger partial charge in [0.25, 0.3) is 5.91 Å². The number of amides is 1. The van der Waals surface area contributed by atoms with E-state index in [4.69, 9.17) is 4.42 Å². The first-order chi connectivity index (χ1) is 13.5. The molecule has 1 amide bonds. The summed E-state index contributed by atoms with van der Waals surface area (Å²) in [5, 5.41) is 11.6. The maximum Gasteiger partial charge on any atom is 0.289 e. The van der Waals surface area contributed by atoms with Crippen molar-refractivity contribution in [2.24, 2.45) is 0 Å². The van der Waals surface area contributed by atoms with Crippen LogP contribution < -0.4 is 0 Å². The number of fused-ring (bicyclic) bond motifs is 1. The van der Waals surface area contributed by atoms with Crippen molar-refractivity contribution in [2.45, 2.75) is 49.0 Å². The lowest BCUT2D eigenvalue weighted by atomic mass is 9.97. The number of benzene rings is 1. The molecule has 0 spiro atoms. The van der Waals surface area contributed by atoms with Crippen molar-refractivity contribution in [3.63, 3.8) is 0 Å². The molecule has 0 radical (unpaired) electrons. The SMILES string of the molecule is CC1CCc2cc(C(O)C(C)N3CCN(C(=O)c4ccco4)CC3)ccc2S1. The lowest BCUT2D eigenvalue weighted by Gasteiger charge is -2.39. The van der Waals surface area contributed by atoms with Crippen LogP contribution in [0.4, 0.5) is 0 Å². The number of aliphatic hydroxyl groups is 1. The summed E-state index contributed by atoms with van der Waals surface area (Å²) < 4.78 is 5.22. The summed E-state index contributed by atoms with van der Waals surface area (Å²) in [6.07, 6.45) is 3.28. The molecular formula is C22H28N2O3S. The summed E-state index contributed by atoms with van der Waals surface area (Å²) in [7, 11) is 0. The van der Waals surface area contributed by atoms with Crippen molar-refractivity contribution < 1.29 is 14.3 Å². The first kappa shape index (κ1) is 19.6. The van der Waals surface area contributed by atoms with Gasteiger partial charge in [-0.25, -0.2) is 0 Å². The minimum Gasteiger partial charge on any atom is -0.459 e. The molecule has 2 aliphatic heterocycles. The van der Waals surface area contributed by atoms with Crippen molar-refractivity contribution in [2.75, 3.05) is 26.2 Å². The topological polar surface area (TPSA) is 56.9 Å². The molecule has 6 heteroatoms. The number of hydrogen-bond acceptors (Lipinski definition) is 5. The molecule has 3 atom stereocenters. The molecular weight excluding hydrogens is 372 g/mol. The first-order valence-electron chi connectivity index (χ1n) is 10.1. The Morgan fingerprint density at radius 3 is 2.75 bits per heavy atom. The number of thioether (sulfide) groups is 1. The van der Waals surface area contributed by atoms with E-state index >= 15 is 0 Å². The summed E-state index contributed by atoms with van der Waals surface area (Å²) in [6, 6.07) is 9.87. The van der Waals surface area contributed by atoms with Crippen molar-refractivity contribution in [1.29, 1.82) is 0 Å². The summed E-state index contributed by atoms with van der Waals surface area (Å²) in [6.45, 7) is 7.15. The first-order valence-corrected chi connectivity index (χ1v) is 11.0.